The van der Waals surface area contributed by atoms with E-state index < -0.39 is 0 Å². The van der Waals surface area contributed by atoms with Crippen molar-refractivity contribution in [3.8, 4) is 0 Å². The first-order chi connectivity index (χ1) is 11.0. The Morgan fingerprint density at radius 1 is 1.35 bits per heavy atom. The average Bonchev–Trinajstić information content (AvgIpc) is 3.01. The van der Waals surface area contributed by atoms with Crippen LogP contribution in [0.15, 0.2) is 17.5 Å². The second-order valence-corrected chi connectivity index (χ2v) is 6.98. The number of aromatic nitrogens is 3. The number of anilines is 1. The Morgan fingerprint density at radius 2 is 2.17 bits per heavy atom. The topological polar surface area (TPSA) is 62.2 Å². The van der Waals surface area contributed by atoms with Crippen LogP contribution in [0.5, 0.6) is 0 Å². The van der Waals surface area contributed by atoms with Crippen LogP contribution in [0.3, 0.4) is 0 Å². The first-order valence-electron chi connectivity index (χ1n) is 7.77. The molecule has 2 aromatic rings. The summed E-state index contributed by atoms with van der Waals surface area (Å²) in [4.78, 5) is 21.0. The van der Waals surface area contributed by atoms with E-state index in [4.69, 9.17) is 0 Å². The maximum Gasteiger partial charge on any atom is 0.274 e. The van der Waals surface area contributed by atoms with Crippen LogP contribution in [-0.4, -0.2) is 53.2 Å². The summed E-state index contributed by atoms with van der Waals surface area (Å²) < 4.78 is 0. The van der Waals surface area contributed by atoms with Gasteiger partial charge in [-0.15, -0.1) is 21.5 Å². The lowest BCUT2D eigenvalue weighted by Gasteiger charge is -2.31. The second kappa shape index (κ2) is 6.62. The van der Waals surface area contributed by atoms with E-state index in [1.165, 1.54) is 0 Å². The minimum Gasteiger partial charge on any atom is -0.361 e. The molecule has 122 valence electrons. The Hall–Kier alpha value is -2.02. The molecule has 0 bridgehead atoms. The molecule has 0 saturated carbocycles. The van der Waals surface area contributed by atoms with Gasteiger partial charge in [0.1, 0.15) is 0 Å². The fourth-order valence-corrected chi connectivity index (χ4v) is 3.69. The number of piperidine rings is 1. The quantitative estimate of drug-likeness (QED) is 0.864. The molecule has 6 nitrogen and oxygen atoms in total. The lowest BCUT2D eigenvalue weighted by molar-refractivity contribution is 0.0700. The normalized spacial score (nSPS) is 18.0. The molecule has 0 aliphatic carbocycles. The molecule has 1 aliphatic heterocycles. The van der Waals surface area contributed by atoms with E-state index >= 15 is 0 Å². The van der Waals surface area contributed by atoms with Gasteiger partial charge in [-0.1, -0.05) is 0 Å². The minimum absolute atomic E-state index is 0.0409. The predicted octanol–water partition coefficient (Wildman–Crippen LogP) is 2.33. The SMILES string of the molecule is Cc1csc([C@@H]2CCCN(C(=O)c3ccc(N(C)C)nn3)C2)n1. The van der Waals surface area contributed by atoms with E-state index in [1.54, 1.807) is 17.4 Å². The van der Waals surface area contributed by atoms with Crippen LogP contribution in [-0.2, 0) is 0 Å². The summed E-state index contributed by atoms with van der Waals surface area (Å²) in [6, 6.07) is 3.58. The summed E-state index contributed by atoms with van der Waals surface area (Å²) in [5.41, 5.74) is 1.46. The van der Waals surface area contributed by atoms with Crippen molar-refractivity contribution in [2.75, 3.05) is 32.1 Å². The highest BCUT2D eigenvalue weighted by molar-refractivity contribution is 7.09. The molecule has 1 aliphatic rings. The lowest BCUT2D eigenvalue weighted by Crippen LogP contribution is -2.39. The summed E-state index contributed by atoms with van der Waals surface area (Å²) in [5, 5.41) is 11.4. The van der Waals surface area contributed by atoms with Crippen molar-refractivity contribution in [1.29, 1.82) is 0 Å². The molecule has 1 fully saturated rings. The monoisotopic (exact) mass is 331 g/mol. The molecule has 3 heterocycles. The third-order valence-corrected chi connectivity index (χ3v) is 5.15. The maximum absolute atomic E-state index is 12.7. The molecule has 7 heteroatoms. The van der Waals surface area contributed by atoms with Gasteiger partial charge in [0, 0.05) is 44.2 Å². The number of hydrogen-bond acceptors (Lipinski definition) is 6. The first-order valence-corrected chi connectivity index (χ1v) is 8.65. The van der Waals surface area contributed by atoms with Gasteiger partial charge in [0.15, 0.2) is 11.5 Å². The van der Waals surface area contributed by atoms with Crippen molar-refractivity contribution in [2.24, 2.45) is 0 Å². The van der Waals surface area contributed by atoms with Gasteiger partial charge in [-0.2, -0.15) is 0 Å². The highest BCUT2D eigenvalue weighted by atomic mass is 32.1. The van der Waals surface area contributed by atoms with Crippen molar-refractivity contribution < 1.29 is 4.79 Å². The molecular formula is C16H21N5OS. The summed E-state index contributed by atoms with van der Waals surface area (Å²) in [5.74, 6) is 1.04. The highest BCUT2D eigenvalue weighted by Crippen LogP contribution is 2.29. The van der Waals surface area contributed by atoms with Crippen LogP contribution < -0.4 is 4.90 Å². The molecule has 0 N–H and O–H groups in total. The standard InChI is InChI=1S/C16H21N5OS/c1-11-10-23-15(17-11)12-5-4-8-21(9-12)16(22)13-6-7-14(19-18-13)20(2)3/h6-7,10,12H,4-5,8-9H2,1-3H3/t12-/m1/s1. The van der Waals surface area contributed by atoms with E-state index in [-0.39, 0.29) is 5.91 Å². The van der Waals surface area contributed by atoms with Crippen molar-refractivity contribution in [3.05, 3.63) is 33.9 Å². The molecule has 2 aromatic heterocycles. The Bertz CT molecular complexity index is 682. The number of likely N-dealkylation sites (tertiary alicyclic amines) is 1. The molecule has 1 saturated heterocycles. The van der Waals surface area contributed by atoms with Crippen molar-refractivity contribution in [3.63, 3.8) is 0 Å². The van der Waals surface area contributed by atoms with Crippen LogP contribution in [0.1, 0.15) is 39.9 Å². The zero-order valence-electron chi connectivity index (χ0n) is 13.7. The van der Waals surface area contributed by atoms with Gasteiger partial charge in [-0.25, -0.2) is 4.98 Å². The molecule has 23 heavy (non-hydrogen) atoms. The van der Waals surface area contributed by atoms with E-state index in [1.807, 2.05) is 36.9 Å². The van der Waals surface area contributed by atoms with Crippen molar-refractivity contribution in [2.45, 2.75) is 25.7 Å². The Kier molecular flexibility index (Phi) is 4.56. The molecule has 0 spiro atoms. The van der Waals surface area contributed by atoms with E-state index in [2.05, 4.69) is 20.6 Å². The zero-order valence-corrected chi connectivity index (χ0v) is 14.5. The third kappa shape index (κ3) is 3.50. The van der Waals surface area contributed by atoms with Gasteiger partial charge >= 0.3 is 0 Å². The fraction of sp³-hybridized carbons (Fsp3) is 0.500. The molecule has 1 amide bonds. The number of carbonyl (C=O) groups is 1. The summed E-state index contributed by atoms with van der Waals surface area (Å²) >= 11 is 1.69. The van der Waals surface area contributed by atoms with Crippen LogP contribution in [0.4, 0.5) is 5.82 Å². The second-order valence-electron chi connectivity index (χ2n) is 6.09. The number of aryl methyl sites for hydroxylation is 1. The fourth-order valence-electron chi connectivity index (χ4n) is 2.76. The summed E-state index contributed by atoms with van der Waals surface area (Å²) in [6.45, 7) is 3.49. The molecule has 0 radical (unpaired) electrons. The van der Waals surface area contributed by atoms with Gasteiger partial charge in [0.05, 0.1) is 5.01 Å². The minimum atomic E-state index is -0.0409. The number of thiazole rings is 1. The van der Waals surface area contributed by atoms with Gasteiger partial charge < -0.3 is 9.80 Å². The van der Waals surface area contributed by atoms with Gasteiger partial charge in [0.2, 0.25) is 0 Å². The molecule has 3 rings (SSSR count). The molecule has 0 aromatic carbocycles. The van der Waals surface area contributed by atoms with Gasteiger partial charge in [-0.3, -0.25) is 4.79 Å². The Balaban J connectivity index is 1.71. The molecule has 1 atom stereocenters. The molecular weight excluding hydrogens is 310 g/mol. The Morgan fingerprint density at radius 3 is 2.78 bits per heavy atom. The number of amides is 1. The number of nitrogens with zero attached hydrogens (tertiary/aromatic N) is 5. The van der Waals surface area contributed by atoms with Crippen LogP contribution in [0.25, 0.3) is 0 Å². The van der Waals surface area contributed by atoms with Gasteiger partial charge in [0.25, 0.3) is 5.91 Å². The van der Waals surface area contributed by atoms with E-state index in [0.717, 1.165) is 35.9 Å². The summed E-state index contributed by atoms with van der Waals surface area (Å²) in [7, 11) is 3.80. The van der Waals surface area contributed by atoms with Crippen LogP contribution in [0.2, 0.25) is 0 Å². The largest absolute Gasteiger partial charge is 0.361 e. The van der Waals surface area contributed by atoms with Crippen LogP contribution in [0, 0.1) is 6.92 Å². The van der Waals surface area contributed by atoms with Gasteiger partial charge in [-0.05, 0) is 31.9 Å². The smallest absolute Gasteiger partial charge is 0.274 e. The Labute approximate surface area is 140 Å². The zero-order chi connectivity index (χ0) is 16.4. The average molecular weight is 331 g/mol. The van der Waals surface area contributed by atoms with Crippen molar-refractivity contribution >= 4 is 23.1 Å². The lowest BCUT2D eigenvalue weighted by atomic mass is 9.98. The summed E-state index contributed by atoms with van der Waals surface area (Å²) in [6.07, 6.45) is 2.08. The van der Waals surface area contributed by atoms with E-state index in [0.29, 0.717) is 18.2 Å². The molecule has 0 unspecified atom stereocenters. The maximum atomic E-state index is 12.7. The number of rotatable bonds is 3. The van der Waals surface area contributed by atoms with E-state index in [9.17, 15) is 4.79 Å². The van der Waals surface area contributed by atoms with Crippen LogP contribution >= 0.6 is 11.3 Å². The number of carbonyl (C=O) groups excluding carboxylic acids is 1. The van der Waals surface area contributed by atoms with Crippen molar-refractivity contribution in [1.82, 2.24) is 20.1 Å². The predicted molar refractivity (Wildman–Crippen MR) is 91.1 cm³/mol. The number of hydrogen-bond donors (Lipinski definition) is 0. The third-order valence-electron chi connectivity index (χ3n) is 4.02. The highest BCUT2D eigenvalue weighted by Gasteiger charge is 2.27. The first kappa shape index (κ1) is 15.9.